The van der Waals surface area contributed by atoms with Gasteiger partial charge in [-0.25, -0.2) is 0 Å². The van der Waals surface area contributed by atoms with Crippen molar-refractivity contribution in [2.45, 2.75) is 12.8 Å². The summed E-state index contributed by atoms with van der Waals surface area (Å²) in [4.78, 5) is 2.11. The predicted molar refractivity (Wildman–Crippen MR) is 32.6 cm³/mol. The normalized spacial score (nSPS) is 20.8. The molecule has 0 aromatic carbocycles. The summed E-state index contributed by atoms with van der Waals surface area (Å²) in [6.07, 6.45) is 5.37. The van der Waals surface area contributed by atoms with Crippen molar-refractivity contribution in [2.24, 2.45) is 0 Å². The second-order valence-corrected chi connectivity index (χ2v) is 2.04. The maximum absolute atomic E-state index is 8.30. The Morgan fingerprint density at radius 2 is 1.88 bits per heavy atom. The zero-order chi connectivity index (χ0) is 5.82. The number of aliphatic hydroxyl groups excluding tert-OH is 1. The summed E-state index contributed by atoms with van der Waals surface area (Å²) in [7, 11) is 0. The average molecular weight is 113 g/mol. The van der Waals surface area contributed by atoms with Gasteiger partial charge in [0.25, 0.3) is 0 Å². The number of nitrogens with zero attached hydrogens (tertiary/aromatic N) is 1. The topological polar surface area (TPSA) is 23.5 Å². The van der Waals surface area contributed by atoms with Crippen LogP contribution in [0.5, 0.6) is 0 Å². The van der Waals surface area contributed by atoms with Gasteiger partial charge < -0.3 is 10.0 Å². The lowest BCUT2D eigenvalue weighted by molar-refractivity contribution is 0.416. The van der Waals surface area contributed by atoms with Crippen LogP contribution in [-0.2, 0) is 0 Å². The summed E-state index contributed by atoms with van der Waals surface area (Å²) < 4.78 is 0. The molecule has 1 heterocycles. The molecule has 0 aromatic heterocycles. The molecule has 1 saturated heterocycles. The number of rotatable bonds is 1. The molecule has 1 rings (SSSR count). The van der Waals surface area contributed by atoms with Crippen LogP contribution < -0.4 is 0 Å². The highest BCUT2D eigenvalue weighted by atomic mass is 16.2. The zero-order valence-corrected chi connectivity index (χ0v) is 4.88. The second kappa shape index (κ2) is 2.60. The lowest BCUT2D eigenvalue weighted by atomic mass is 10.4. The fourth-order valence-electron chi connectivity index (χ4n) is 0.985. The molecule has 0 bridgehead atoms. The Balaban J connectivity index is 2.24. The Hall–Kier alpha value is -0.660. The molecule has 0 amide bonds. The van der Waals surface area contributed by atoms with Crippen LogP contribution in [-0.4, -0.2) is 23.1 Å². The summed E-state index contributed by atoms with van der Waals surface area (Å²) in [5, 5.41) is 8.30. The van der Waals surface area contributed by atoms with Gasteiger partial charge in [-0.3, -0.25) is 0 Å². The molecule has 0 saturated carbocycles. The van der Waals surface area contributed by atoms with E-state index < -0.39 is 0 Å². The van der Waals surface area contributed by atoms with E-state index in [-0.39, 0.29) is 0 Å². The third kappa shape index (κ3) is 1.15. The van der Waals surface area contributed by atoms with Crippen LogP contribution in [0.3, 0.4) is 0 Å². The van der Waals surface area contributed by atoms with Gasteiger partial charge in [0, 0.05) is 19.3 Å². The quantitative estimate of drug-likeness (QED) is 0.515. The van der Waals surface area contributed by atoms with E-state index in [0.717, 1.165) is 19.4 Å². The highest BCUT2D eigenvalue weighted by Crippen LogP contribution is 2.06. The first kappa shape index (κ1) is 5.48. The van der Waals surface area contributed by atoms with Gasteiger partial charge in [0.1, 0.15) is 0 Å². The van der Waals surface area contributed by atoms with Crippen molar-refractivity contribution < 1.29 is 5.11 Å². The highest BCUT2D eigenvalue weighted by Gasteiger charge is 2.05. The molecule has 0 aliphatic carbocycles. The van der Waals surface area contributed by atoms with E-state index in [9.17, 15) is 0 Å². The van der Waals surface area contributed by atoms with E-state index in [1.807, 2.05) is 0 Å². The van der Waals surface area contributed by atoms with Gasteiger partial charge in [0.2, 0.25) is 0 Å². The fraction of sp³-hybridized carbons (Fsp3) is 0.667. The number of likely N-dealkylation sites (tertiary alicyclic amines) is 1. The highest BCUT2D eigenvalue weighted by molar-refractivity contribution is 4.78. The molecular formula is C6H11NO. The SMILES string of the molecule is O/C=C/N1CCCC1. The first-order chi connectivity index (χ1) is 3.93. The van der Waals surface area contributed by atoms with Crippen molar-refractivity contribution in [2.75, 3.05) is 13.1 Å². The van der Waals surface area contributed by atoms with Crippen LogP contribution >= 0.6 is 0 Å². The van der Waals surface area contributed by atoms with Crippen molar-refractivity contribution >= 4 is 0 Å². The molecule has 46 valence electrons. The minimum absolute atomic E-state index is 1.10. The average Bonchev–Trinajstić information content (AvgIpc) is 2.19. The monoisotopic (exact) mass is 113 g/mol. The smallest absolute Gasteiger partial charge is 0.0950 e. The van der Waals surface area contributed by atoms with Crippen molar-refractivity contribution in [1.29, 1.82) is 0 Å². The molecule has 1 aliphatic rings. The van der Waals surface area contributed by atoms with Crippen LogP contribution in [0.25, 0.3) is 0 Å². The summed E-state index contributed by atoms with van der Waals surface area (Å²) in [6.45, 7) is 2.22. The molecule has 0 unspecified atom stereocenters. The molecule has 0 atom stereocenters. The van der Waals surface area contributed by atoms with Gasteiger partial charge in [-0.2, -0.15) is 0 Å². The number of hydrogen-bond donors (Lipinski definition) is 1. The van der Waals surface area contributed by atoms with E-state index in [4.69, 9.17) is 5.11 Å². The van der Waals surface area contributed by atoms with Gasteiger partial charge in [-0.1, -0.05) is 0 Å². The molecule has 2 heteroatoms. The minimum Gasteiger partial charge on any atom is -0.514 e. The van der Waals surface area contributed by atoms with E-state index in [0.29, 0.717) is 0 Å². The molecule has 8 heavy (non-hydrogen) atoms. The maximum Gasteiger partial charge on any atom is 0.0950 e. The van der Waals surface area contributed by atoms with Crippen LogP contribution in [0, 0.1) is 0 Å². The lowest BCUT2D eigenvalue weighted by Gasteiger charge is -2.07. The van der Waals surface area contributed by atoms with Gasteiger partial charge in [0.15, 0.2) is 0 Å². The van der Waals surface area contributed by atoms with Crippen molar-refractivity contribution in [3.8, 4) is 0 Å². The molecule has 1 N–H and O–H groups in total. The van der Waals surface area contributed by atoms with Gasteiger partial charge in [-0.05, 0) is 12.8 Å². The molecule has 0 aromatic rings. The van der Waals surface area contributed by atoms with Crippen LogP contribution in [0.1, 0.15) is 12.8 Å². The van der Waals surface area contributed by atoms with Crippen molar-refractivity contribution in [3.63, 3.8) is 0 Å². The molecule has 0 spiro atoms. The Morgan fingerprint density at radius 3 is 2.38 bits per heavy atom. The Kier molecular flexibility index (Phi) is 1.78. The van der Waals surface area contributed by atoms with E-state index in [1.165, 1.54) is 12.8 Å². The van der Waals surface area contributed by atoms with Gasteiger partial charge in [0.05, 0.1) is 6.26 Å². The summed E-state index contributed by atoms with van der Waals surface area (Å²) in [5.41, 5.74) is 0. The molecular weight excluding hydrogens is 102 g/mol. The van der Waals surface area contributed by atoms with E-state index >= 15 is 0 Å². The first-order valence-corrected chi connectivity index (χ1v) is 2.98. The maximum atomic E-state index is 8.30. The molecule has 1 aliphatic heterocycles. The Morgan fingerprint density at radius 1 is 1.25 bits per heavy atom. The van der Waals surface area contributed by atoms with Crippen LogP contribution in [0.2, 0.25) is 0 Å². The van der Waals surface area contributed by atoms with Gasteiger partial charge in [-0.15, -0.1) is 0 Å². The van der Waals surface area contributed by atoms with Gasteiger partial charge >= 0.3 is 0 Å². The van der Waals surface area contributed by atoms with Crippen LogP contribution in [0.15, 0.2) is 12.5 Å². The summed E-state index contributed by atoms with van der Waals surface area (Å²) >= 11 is 0. The number of aliphatic hydroxyl groups is 1. The predicted octanol–water partition coefficient (Wildman–Crippen LogP) is 1.11. The number of hydrogen-bond acceptors (Lipinski definition) is 2. The minimum atomic E-state index is 1.10. The standard InChI is InChI=1S/C6H11NO/c8-6-5-7-3-1-2-4-7/h5-6,8H,1-4H2/b6-5+. The van der Waals surface area contributed by atoms with Crippen molar-refractivity contribution in [1.82, 2.24) is 4.90 Å². The largest absolute Gasteiger partial charge is 0.514 e. The third-order valence-electron chi connectivity index (χ3n) is 1.42. The fourth-order valence-corrected chi connectivity index (χ4v) is 0.985. The summed E-state index contributed by atoms with van der Waals surface area (Å²) in [5.74, 6) is 0. The van der Waals surface area contributed by atoms with E-state index in [1.54, 1.807) is 6.20 Å². The van der Waals surface area contributed by atoms with E-state index in [2.05, 4.69) is 4.90 Å². The first-order valence-electron chi connectivity index (χ1n) is 2.98. The van der Waals surface area contributed by atoms with Crippen molar-refractivity contribution in [3.05, 3.63) is 12.5 Å². The third-order valence-corrected chi connectivity index (χ3v) is 1.42. The Bertz CT molecular complexity index is 84.5. The van der Waals surface area contributed by atoms with Crippen LogP contribution in [0.4, 0.5) is 0 Å². The molecule has 1 fully saturated rings. The summed E-state index contributed by atoms with van der Waals surface area (Å²) in [6, 6.07) is 0. The lowest BCUT2D eigenvalue weighted by Crippen LogP contribution is -2.09. The second-order valence-electron chi connectivity index (χ2n) is 2.04. The Labute approximate surface area is 49.4 Å². The molecule has 2 nitrogen and oxygen atoms in total. The zero-order valence-electron chi connectivity index (χ0n) is 4.88. The molecule has 0 radical (unpaired) electrons.